The van der Waals surface area contributed by atoms with Crippen LogP contribution < -0.4 is 9.47 Å². The fourth-order valence-corrected chi connectivity index (χ4v) is 0.979. The minimum absolute atomic E-state index is 0.203. The highest BCUT2D eigenvalue weighted by Gasteiger charge is 2.03. The molecule has 0 fully saturated rings. The molecule has 0 aliphatic carbocycles. The Hall–Kier alpha value is -2.13. The number of nitrogens with zero attached hydrogens (tertiary/aromatic N) is 1. The first-order chi connectivity index (χ1) is 6.81. The Morgan fingerprint density at radius 3 is 2.86 bits per heavy atom. The van der Waals surface area contributed by atoms with E-state index >= 15 is 0 Å². The van der Waals surface area contributed by atoms with E-state index in [1.54, 1.807) is 18.2 Å². The van der Waals surface area contributed by atoms with Gasteiger partial charge in [-0.1, -0.05) is 5.92 Å². The van der Waals surface area contributed by atoms with Gasteiger partial charge in [-0.3, -0.25) is 0 Å². The monoisotopic (exact) mass is 187 g/mol. The molecule has 0 aliphatic rings. The molecule has 1 rings (SSSR count). The summed E-state index contributed by atoms with van der Waals surface area (Å²) in [7, 11) is 1.50. The number of nitriles is 1. The molecule has 70 valence electrons. The van der Waals surface area contributed by atoms with Crippen molar-refractivity contribution in [3.63, 3.8) is 0 Å². The summed E-state index contributed by atoms with van der Waals surface area (Å²) in [5, 5.41) is 8.71. The van der Waals surface area contributed by atoms with E-state index in [-0.39, 0.29) is 6.61 Å². The summed E-state index contributed by atoms with van der Waals surface area (Å²) in [5.41, 5.74) is 0.473. The summed E-state index contributed by atoms with van der Waals surface area (Å²) in [4.78, 5) is 0. The first kappa shape index (κ1) is 9.95. The first-order valence-electron chi connectivity index (χ1n) is 3.96. The predicted octanol–water partition coefficient (Wildman–Crippen LogP) is 1.58. The van der Waals surface area contributed by atoms with Crippen LogP contribution in [0, 0.1) is 23.7 Å². The molecule has 3 nitrogen and oxygen atoms in total. The lowest BCUT2D eigenvalue weighted by Gasteiger charge is -2.05. The van der Waals surface area contributed by atoms with Gasteiger partial charge in [0.2, 0.25) is 0 Å². The number of hydrogen-bond donors (Lipinski definition) is 0. The number of ether oxygens (including phenoxy) is 2. The van der Waals surface area contributed by atoms with Crippen LogP contribution >= 0.6 is 0 Å². The van der Waals surface area contributed by atoms with Gasteiger partial charge in [0.1, 0.15) is 24.2 Å². The van der Waals surface area contributed by atoms with Crippen molar-refractivity contribution >= 4 is 0 Å². The van der Waals surface area contributed by atoms with Crippen molar-refractivity contribution in [3.8, 4) is 29.9 Å². The first-order valence-corrected chi connectivity index (χ1v) is 3.96. The molecule has 0 saturated carbocycles. The van der Waals surface area contributed by atoms with Crippen LogP contribution in [-0.2, 0) is 0 Å². The third-order valence-corrected chi connectivity index (χ3v) is 1.62. The highest BCUT2D eigenvalue weighted by atomic mass is 16.5. The molecule has 0 spiro atoms. The van der Waals surface area contributed by atoms with Crippen molar-refractivity contribution in [1.82, 2.24) is 0 Å². The smallest absolute Gasteiger partial charge is 0.148 e. The molecular weight excluding hydrogens is 178 g/mol. The van der Waals surface area contributed by atoms with E-state index in [1.165, 1.54) is 7.11 Å². The summed E-state index contributed by atoms with van der Waals surface area (Å²) in [6, 6.07) is 6.95. The second-order valence-corrected chi connectivity index (χ2v) is 2.47. The van der Waals surface area contributed by atoms with Gasteiger partial charge in [0.05, 0.1) is 12.7 Å². The zero-order valence-electron chi connectivity index (χ0n) is 7.78. The minimum atomic E-state index is 0.203. The van der Waals surface area contributed by atoms with Gasteiger partial charge in [0.25, 0.3) is 0 Å². The van der Waals surface area contributed by atoms with Crippen LogP contribution in [0.5, 0.6) is 11.5 Å². The Morgan fingerprint density at radius 2 is 2.29 bits per heavy atom. The average molecular weight is 187 g/mol. The number of hydrogen-bond acceptors (Lipinski definition) is 3. The topological polar surface area (TPSA) is 42.2 Å². The maximum atomic E-state index is 8.71. The molecular formula is C11H9NO2. The highest BCUT2D eigenvalue weighted by molar-refractivity contribution is 5.47. The molecule has 0 unspecified atom stereocenters. The number of methoxy groups -OCH3 is 1. The molecule has 0 aliphatic heterocycles. The van der Waals surface area contributed by atoms with Crippen molar-refractivity contribution < 1.29 is 9.47 Å². The van der Waals surface area contributed by atoms with Crippen molar-refractivity contribution in [3.05, 3.63) is 23.8 Å². The third kappa shape index (κ3) is 2.18. The molecule has 1 aromatic rings. The Labute approximate surface area is 82.9 Å². The second kappa shape index (κ2) is 4.79. The van der Waals surface area contributed by atoms with Gasteiger partial charge in [-0.2, -0.15) is 5.26 Å². The van der Waals surface area contributed by atoms with Gasteiger partial charge >= 0.3 is 0 Å². The lowest BCUT2D eigenvalue weighted by molar-refractivity contribution is 0.363. The molecule has 0 amide bonds. The SMILES string of the molecule is C#CCOc1ccc(C#N)c(OC)c1. The summed E-state index contributed by atoms with van der Waals surface area (Å²) in [6.07, 6.45) is 5.04. The van der Waals surface area contributed by atoms with Crippen molar-refractivity contribution in [2.75, 3.05) is 13.7 Å². The molecule has 0 aromatic heterocycles. The van der Waals surface area contributed by atoms with Crippen LogP contribution in [0.1, 0.15) is 5.56 Å². The van der Waals surface area contributed by atoms with Crippen molar-refractivity contribution in [2.24, 2.45) is 0 Å². The van der Waals surface area contributed by atoms with Crippen LogP contribution in [0.25, 0.3) is 0 Å². The van der Waals surface area contributed by atoms with E-state index in [2.05, 4.69) is 5.92 Å². The largest absolute Gasteiger partial charge is 0.495 e. The Balaban J connectivity index is 2.92. The van der Waals surface area contributed by atoms with E-state index in [9.17, 15) is 0 Å². The molecule has 0 saturated heterocycles. The third-order valence-electron chi connectivity index (χ3n) is 1.62. The molecule has 0 radical (unpaired) electrons. The number of terminal acetylenes is 1. The molecule has 0 heterocycles. The summed E-state index contributed by atoms with van der Waals surface area (Å²) >= 11 is 0. The predicted molar refractivity (Wildman–Crippen MR) is 52.0 cm³/mol. The van der Waals surface area contributed by atoms with Crippen LogP contribution in [-0.4, -0.2) is 13.7 Å². The van der Waals surface area contributed by atoms with Crippen molar-refractivity contribution in [1.29, 1.82) is 5.26 Å². The number of benzene rings is 1. The van der Waals surface area contributed by atoms with Gasteiger partial charge in [-0.15, -0.1) is 6.42 Å². The van der Waals surface area contributed by atoms with Crippen LogP contribution in [0.4, 0.5) is 0 Å². The Kier molecular flexibility index (Phi) is 3.41. The molecule has 0 bridgehead atoms. The van der Waals surface area contributed by atoms with Gasteiger partial charge in [-0.25, -0.2) is 0 Å². The normalized spacial score (nSPS) is 8.50. The maximum absolute atomic E-state index is 8.71. The van der Waals surface area contributed by atoms with E-state index in [4.69, 9.17) is 21.2 Å². The lowest BCUT2D eigenvalue weighted by Crippen LogP contribution is -1.95. The fraction of sp³-hybridized carbons (Fsp3) is 0.182. The molecule has 0 atom stereocenters. The number of rotatable bonds is 3. The molecule has 1 aromatic carbocycles. The summed E-state index contributed by atoms with van der Waals surface area (Å²) in [5.74, 6) is 3.44. The van der Waals surface area contributed by atoms with Crippen LogP contribution in [0.3, 0.4) is 0 Å². The lowest BCUT2D eigenvalue weighted by atomic mass is 10.2. The van der Waals surface area contributed by atoms with Gasteiger partial charge in [0, 0.05) is 6.07 Å². The van der Waals surface area contributed by atoms with E-state index in [0.29, 0.717) is 17.1 Å². The summed E-state index contributed by atoms with van der Waals surface area (Å²) in [6.45, 7) is 0.203. The quantitative estimate of drug-likeness (QED) is 0.674. The maximum Gasteiger partial charge on any atom is 0.148 e. The van der Waals surface area contributed by atoms with Gasteiger partial charge in [0.15, 0.2) is 0 Å². The van der Waals surface area contributed by atoms with Crippen LogP contribution in [0.15, 0.2) is 18.2 Å². The highest BCUT2D eigenvalue weighted by Crippen LogP contribution is 2.23. The minimum Gasteiger partial charge on any atom is -0.495 e. The van der Waals surface area contributed by atoms with Gasteiger partial charge in [-0.05, 0) is 12.1 Å². The second-order valence-electron chi connectivity index (χ2n) is 2.47. The van der Waals surface area contributed by atoms with Crippen molar-refractivity contribution in [2.45, 2.75) is 0 Å². The standard InChI is InChI=1S/C11H9NO2/c1-3-6-14-10-5-4-9(8-12)11(7-10)13-2/h1,4-5,7H,6H2,2H3. The van der Waals surface area contributed by atoms with E-state index < -0.39 is 0 Å². The molecule has 3 heteroatoms. The van der Waals surface area contributed by atoms with Gasteiger partial charge < -0.3 is 9.47 Å². The van der Waals surface area contributed by atoms with E-state index in [0.717, 1.165) is 0 Å². The zero-order chi connectivity index (χ0) is 10.4. The average Bonchev–Trinajstić information content (AvgIpc) is 2.25. The van der Waals surface area contributed by atoms with E-state index in [1.807, 2.05) is 6.07 Å². The Morgan fingerprint density at radius 1 is 1.50 bits per heavy atom. The summed E-state index contributed by atoms with van der Waals surface area (Å²) < 4.78 is 10.2. The molecule has 14 heavy (non-hydrogen) atoms. The fourth-order valence-electron chi connectivity index (χ4n) is 0.979. The van der Waals surface area contributed by atoms with Crippen LogP contribution in [0.2, 0.25) is 0 Å². The zero-order valence-corrected chi connectivity index (χ0v) is 7.78. The molecule has 0 N–H and O–H groups in total. The Bertz CT molecular complexity index is 399.